The van der Waals surface area contributed by atoms with Crippen molar-refractivity contribution in [1.29, 1.82) is 0 Å². The Labute approximate surface area is 155 Å². The van der Waals surface area contributed by atoms with Gasteiger partial charge in [-0.1, -0.05) is 0 Å². The van der Waals surface area contributed by atoms with Crippen LogP contribution in [0.4, 0.5) is 5.82 Å². The van der Waals surface area contributed by atoms with Gasteiger partial charge >= 0.3 is 0 Å². The molecule has 7 nitrogen and oxygen atoms in total. The number of amides is 1. The monoisotopic (exact) mass is 359 g/mol. The molecule has 4 rings (SSSR count). The number of aliphatic hydroxyl groups is 1. The number of hydrogen-bond donors (Lipinski definition) is 1. The lowest BCUT2D eigenvalue weighted by Gasteiger charge is -2.37. The highest BCUT2D eigenvalue weighted by molar-refractivity contribution is 5.78. The van der Waals surface area contributed by atoms with E-state index in [2.05, 4.69) is 25.8 Å². The van der Waals surface area contributed by atoms with Gasteiger partial charge in [-0.2, -0.15) is 0 Å². The van der Waals surface area contributed by atoms with Gasteiger partial charge in [0.25, 0.3) is 0 Å². The lowest BCUT2D eigenvalue weighted by Crippen LogP contribution is -2.51. The predicted octanol–water partition coefficient (Wildman–Crippen LogP) is 0.849. The highest BCUT2D eigenvalue weighted by Gasteiger charge is 2.30. The summed E-state index contributed by atoms with van der Waals surface area (Å²) in [5.41, 5.74) is 1.04. The summed E-state index contributed by atoms with van der Waals surface area (Å²) in [5.74, 6) is 1.62. The second-order valence-corrected chi connectivity index (χ2v) is 7.83. The minimum atomic E-state index is -0.167. The van der Waals surface area contributed by atoms with Crippen molar-refractivity contribution in [3.8, 4) is 0 Å². The fraction of sp³-hybridized carbons (Fsp3) is 0.737. The minimum absolute atomic E-state index is 0.167. The molecular formula is C19H29N5O2. The standard InChI is InChI=1S/C19H29N5O2/c25-16-10-15(11-16)17-12-18(21-14-20-17)23-8-6-22(7-9-23)13-19(26)24-4-2-1-3-5-24/h12,14-16,25H,1-11,13H2. The molecular weight excluding hydrogens is 330 g/mol. The summed E-state index contributed by atoms with van der Waals surface area (Å²) in [5, 5.41) is 9.50. The molecule has 142 valence electrons. The molecule has 1 amide bonds. The van der Waals surface area contributed by atoms with Gasteiger partial charge in [0.05, 0.1) is 12.6 Å². The van der Waals surface area contributed by atoms with Crippen LogP contribution < -0.4 is 4.90 Å². The van der Waals surface area contributed by atoms with E-state index >= 15 is 0 Å². The Kier molecular flexibility index (Phi) is 5.36. The van der Waals surface area contributed by atoms with E-state index in [1.54, 1.807) is 6.33 Å². The van der Waals surface area contributed by atoms with Gasteiger partial charge in [-0.15, -0.1) is 0 Å². The molecule has 3 fully saturated rings. The molecule has 1 aromatic heterocycles. The average molecular weight is 359 g/mol. The summed E-state index contributed by atoms with van der Waals surface area (Å²) in [4.78, 5) is 27.8. The van der Waals surface area contributed by atoms with Gasteiger partial charge < -0.3 is 14.9 Å². The Balaban J connectivity index is 1.28. The van der Waals surface area contributed by atoms with E-state index in [9.17, 15) is 9.90 Å². The molecule has 0 radical (unpaired) electrons. The Morgan fingerprint density at radius 1 is 1.04 bits per heavy atom. The molecule has 0 spiro atoms. The zero-order valence-corrected chi connectivity index (χ0v) is 15.4. The summed E-state index contributed by atoms with van der Waals surface area (Å²) in [6, 6.07) is 2.07. The van der Waals surface area contributed by atoms with Crippen LogP contribution in [0.25, 0.3) is 0 Å². The lowest BCUT2D eigenvalue weighted by atomic mass is 9.80. The van der Waals surface area contributed by atoms with Crippen molar-refractivity contribution in [2.75, 3.05) is 50.7 Å². The SMILES string of the molecule is O=C(CN1CCN(c2cc(C3CC(O)C3)ncn2)CC1)N1CCCCC1. The molecule has 1 aliphatic carbocycles. The van der Waals surface area contributed by atoms with Crippen molar-refractivity contribution >= 4 is 11.7 Å². The third-order valence-corrected chi connectivity index (χ3v) is 5.97. The minimum Gasteiger partial charge on any atom is -0.393 e. The van der Waals surface area contributed by atoms with Gasteiger partial charge in [0.15, 0.2) is 0 Å². The third kappa shape index (κ3) is 3.99. The van der Waals surface area contributed by atoms with Gasteiger partial charge in [0, 0.05) is 56.9 Å². The van der Waals surface area contributed by atoms with Crippen molar-refractivity contribution < 1.29 is 9.90 Å². The normalized spacial score (nSPS) is 27.3. The summed E-state index contributed by atoms with van der Waals surface area (Å²) in [7, 11) is 0. The molecule has 2 aliphatic heterocycles. The molecule has 0 aromatic carbocycles. The molecule has 1 aromatic rings. The van der Waals surface area contributed by atoms with Crippen LogP contribution in [0.1, 0.15) is 43.7 Å². The number of piperidine rings is 1. The summed E-state index contributed by atoms with van der Waals surface area (Å²) < 4.78 is 0. The number of aromatic nitrogens is 2. The van der Waals surface area contributed by atoms with Gasteiger partial charge in [-0.3, -0.25) is 9.69 Å². The molecule has 26 heavy (non-hydrogen) atoms. The van der Waals surface area contributed by atoms with E-state index in [1.165, 1.54) is 6.42 Å². The Hall–Kier alpha value is -1.73. The van der Waals surface area contributed by atoms with Crippen molar-refractivity contribution in [3.05, 3.63) is 18.1 Å². The van der Waals surface area contributed by atoms with Crippen LogP contribution in [-0.2, 0) is 4.79 Å². The predicted molar refractivity (Wildman–Crippen MR) is 99.1 cm³/mol. The smallest absolute Gasteiger partial charge is 0.236 e. The summed E-state index contributed by atoms with van der Waals surface area (Å²) in [6.07, 6.45) is 6.64. The first-order valence-electron chi connectivity index (χ1n) is 9.94. The zero-order chi connectivity index (χ0) is 17.9. The Morgan fingerprint density at radius 3 is 2.46 bits per heavy atom. The maximum Gasteiger partial charge on any atom is 0.236 e. The molecule has 3 heterocycles. The van der Waals surface area contributed by atoms with Crippen molar-refractivity contribution in [3.63, 3.8) is 0 Å². The molecule has 7 heteroatoms. The fourth-order valence-corrected chi connectivity index (χ4v) is 4.16. The number of likely N-dealkylation sites (tertiary alicyclic amines) is 1. The van der Waals surface area contributed by atoms with Crippen LogP contribution in [0.15, 0.2) is 12.4 Å². The molecule has 3 aliphatic rings. The number of carbonyl (C=O) groups excluding carboxylic acids is 1. The van der Waals surface area contributed by atoms with E-state index in [0.717, 1.165) is 76.5 Å². The number of piperazine rings is 1. The lowest BCUT2D eigenvalue weighted by molar-refractivity contribution is -0.133. The summed E-state index contributed by atoms with van der Waals surface area (Å²) in [6.45, 7) is 5.95. The van der Waals surface area contributed by atoms with Gasteiger partial charge in [-0.05, 0) is 32.1 Å². The van der Waals surface area contributed by atoms with Gasteiger partial charge in [-0.25, -0.2) is 9.97 Å². The highest BCUT2D eigenvalue weighted by Crippen LogP contribution is 2.36. The third-order valence-electron chi connectivity index (χ3n) is 5.97. The maximum atomic E-state index is 12.4. The molecule has 1 saturated carbocycles. The first-order valence-corrected chi connectivity index (χ1v) is 9.94. The molecule has 1 N–H and O–H groups in total. The number of nitrogens with zero attached hydrogens (tertiary/aromatic N) is 5. The fourth-order valence-electron chi connectivity index (χ4n) is 4.16. The number of aliphatic hydroxyl groups excluding tert-OH is 1. The van der Waals surface area contributed by atoms with E-state index in [-0.39, 0.29) is 12.0 Å². The van der Waals surface area contributed by atoms with E-state index in [4.69, 9.17) is 0 Å². The van der Waals surface area contributed by atoms with Crippen LogP contribution in [0, 0.1) is 0 Å². The second-order valence-electron chi connectivity index (χ2n) is 7.83. The summed E-state index contributed by atoms with van der Waals surface area (Å²) >= 11 is 0. The van der Waals surface area contributed by atoms with Crippen LogP contribution in [0.3, 0.4) is 0 Å². The van der Waals surface area contributed by atoms with Crippen molar-refractivity contribution in [2.45, 2.75) is 44.1 Å². The van der Waals surface area contributed by atoms with Crippen LogP contribution >= 0.6 is 0 Å². The van der Waals surface area contributed by atoms with E-state index in [1.807, 2.05) is 4.90 Å². The number of carbonyl (C=O) groups is 1. The Bertz CT molecular complexity index is 620. The number of anilines is 1. The maximum absolute atomic E-state index is 12.4. The van der Waals surface area contributed by atoms with Crippen molar-refractivity contribution in [2.24, 2.45) is 0 Å². The topological polar surface area (TPSA) is 72.8 Å². The van der Waals surface area contributed by atoms with E-state index < -0.39 is 0 Å². The molecule has 0 atom stereocenters. The number of rotatable bonds is 4. The first-order chi connectivity index (χ1) is 12.7. The van der Waals surface area contributed by atoms with Gasteiger partial charge in [0.1, 0.15) is 12.1 Å². The van der Waals surface area contributed by atoms with Crippen molar-refractivity contribution in [1.82, 2.24) is 19.8 Å². The quantitative estimate of drug-likeness (QED) is 0.859. The van der Waals surface area contributed by atoms with Crippen LogP contribution in [0.5, 0.6) is 0 Å². The largest absolute Gasteiger partial charge is 0.393 e. The Morgan fingerprint density at radius 2 is 1.77 bits per heavy atom. The molecule has 0 unspecified atom stereocenters. The average Bonchev–Trinajstić information content (AvgIpc) is 2.67. The second kappa shape index (κ2) is 7.88. The molecule has 0 bridgehead atoms. The van der Waals surface area contributed by atoms with Crippen LogP contribution in [-0.4, -0.2) is 82.7 Å². The number of hydrogen-bond acceptors (Lipinski definition) is 6. The van der Waals surface area contributed by atoms with E-state index in [0.29, 0.717) is 12.5 Å². The highest BCUT2D eigenvalue weighted by atomic mass is 16.3. The van der Waals surface area contributed by atoms with Gasteiger partial charge in [0.2, 0.25) is 5.91 Å². The first kappa shape index (κ1) is 17.7. The molecule has 2 saturated heterocycles. The zero-order valence-electron chi connectivity index (χ0n) is 15.4. The van der Waals surface area contributed by atoms with Crippen LogP contribution in [0.2, 0.25) is 0 Å².